The molecule has 0 unspecified atom stereocenters. The SMILES string of the molecule is Cn1cnc(N2C[C@@H]3COC[C@]3(C(=O)O)C2)cc1=O. The van der Waals surface area contributed by atoms with Crippen LogP contribution in [-0.2, 0) is 16.6 Å². The van der Waals surface area contributed by atoms with Crippen molar-refractivity contribution in [3.63, 3.8) is 0 Å². The van der Waals surface area contributed by atoms with Gasteiger partial charge in [-0.15, -0.1) is 0 Å². The molecule has 0 radical (unpaired) electrons. The molecule has 3 heterocycles. The molecule has 1 aromatic heterocycles. The molecule has 0 aliphatic carbocycles. The van der Waals surface area contributed by atoms with Gasteiger partial charge in [0.25, 0.3) is 5.56 Å². The molecule has 1 N–H and O–H groups in total. The molecule has 0 amide bonds. The number of anilines is 1. The Kier molecular flexibility index (Phi) is 2.60. The lowest BCUT2D eigenvalue weighted by Gasteiger charge is -2.22. The van der Waals surface area contributed by atoms with Crippen LogP contribution in [0.4, 0.5) is 5.82 Å². The van der Waals surface area contributed by atoms with Gasteiger partial charge >= 0.3 is 5.97 Å². The average Bonchev–Trinajstić information content (AvgIpc) is 2.89. The molecule has 2 atom stereocenters. The molecule has 2 aliphatic rings. The largest absolute Gasteiger partial charge is 0.481 e. The van der Waals surface area contributed by atoms with Crippen LogP contribution in [0.1, 0.15) is 0 Å². The number of hydrogen-bond donors (Lipinski definition) is 1. The summed E-state index contributed by atoms with van der Waals surface area (Å²) in [6, 6.07) is 1.44. The number of fused-ring (bicyclic) bond motifs is 1. The number of carboxylic acids is 1. The molecule has 0 saturated carbocycles. The second-order valence-corrected chi connectivity index (χ2v) is 5.25. The van der Waals surface area contributed by atoms with Crippen molar-refractivity contribution in [3.8, 4) is 0 Å². The average molecular weight is 265 g/mol. The van der Waals surface area contributed by atoms with Gasteiger partial charge < -0.3 is 19.3 Å². The minimum absolute atomic E-state index is 0.0455. The van der Waals surface area contributed by atoms with Crippen molar-refractivity contribution in [2.75, 3.05) is 31.2 Å². The summed E-state index contributed by atoms with van der Waals surface area (Å²) in [6.45, 7) is 1.58. The molecule has 2 saturated heterocycles. The maximum Gasteiger partial charge on any atom is 0.314 e. The minimum Gasteiger partial charge on any atom is -0.481 e. The highest BCUT2D eigenvalue weighted by molar-refractivity contribution is 5.78. The van der Waals surface area contributed by atoms with E-state index in [1.165, 1.54) is 17.0 Å². The lowest BCUT2D eigenvalue weighted by atomic mass is 9.81. The van der Waals surface area contributed by atoms with E-state index in [1.807, 2.05) is 4.90 Å². The van der Waals surface area contributed by atoms with Crippen molar-refractivity contribution < 1.29 is 14.6 Å². The van der Waals surface area contributed by atoms with E-state index in [9.17, 15) is 14.7 Å². The quantitative estimate of drug-likeness (QED) is 0.762. The summed E-state index contributed by atoms with van der Waals surface area (Å²) in [4.78, 5) is 29.2. The number of hydrogen-bond acceptors (Lipinski definition) is 5. The fourth-order valence-electron chi connectivity index (χ4n) is 2.84. The number of ether oxygens (including phenoxy) is 1. The predicted octanol–water partition coefficient (Wildman–Crippen LogP) is -0.682. The van der Waals surface area contributed by atoms with E-state index in [4.69, 9.17) is 4.74 Å². The Morgan fingerprint density at radius 2 is 2.42 bits per heavy atom. The Bertz CT molecular complexity index is 585. The van der Waals surface area contributed by atoms with Crippen molar-refractivity contribution in [1.29, 1.82) is 0 Å². The van der Waals surface area contributed by atoms with Gasteiger partial charge in [0.1, 0.15) is 11.2 Å². The molecule has 102 valence electrons. The highest BCUT2D eigenvalue weighted by Gasteiger charge is 2.56. The first-order valence-corrected chi connectivity index (χ1v) is 6.12. The Hall–Kier alpha value is -1.89. The Balaban J connectivity index is 1.91. The van der Waals surface area contributed by atoms with Gasteiger partial charge in [-0.25, -0.2) is 4.98 Å². The Morgan fingerprint density at radius 3 is 3.05 bits per heavy atom. The number of carbonyl (C=O) groups is 1. The van der Waals surface area contributed by atoms with E-state index in [-0.39, 0.29) is 18.1 Å². The third-order valence-electron chi connectivity index (χ3n) is 4.09. The number of rotatable bonds is 2. The molecule has 0 bridgehead atoms. The number of carboxylic acid groups (broad SMARTS) is 1. The standard InChI is InChI=1S/C12H15N3O4/c1-14-7-13-9(2-10(14)16)15-3-8-4-19-6-12(8,5-15)11(17)18/h2,7-8H,3-6H2,1H3,(H,17,18)/t8-,12-/m1/s1. The molecule has 2 aliphatic heterocycles. The Morgan fingerprint density at radius 1 is 1.63 bits per heavy atom. The van der Waals surface area contributed by atoms with Gasteiger partial charge in [0.2, 0.25) is 0 Å². The Labute approximate surface area is 109 Å². The van der Waals surface area contributed by atoms with Crippen LogP contribution >= 0.6 is 0 Å². The van der Waals surface area contributed by atoms with Gasteiger partial charge in [0, 0.05) is 32.1 Å². The predicted molar refractivity (Wildman–Crippen MR) is 66.1 cm³/mol. The smallest absolute Gasteiger partial charge is 0.314 e. The second kappa shape index (κ2) is 4.06. The van der Waals surface area contributed by atoms with Crippen molar-refractivity contribution in [3.05, 3.63) is 22.7 Å². The van der Waals surface area contributed by atoms with E-state index in [0.29, 0.717) is 25.5 Å². The summed E-state index contributed by atoms with van der Waals surface area (Å²) in [6.07, 6.45) is 1.45. The van der Waals surface area contributed by atoms with Crippen LogP contribution in [0.3, 0.4) is 0 Å². The lowest BCUT2D eigenvalue weighted by molar-refractivity contribution is -0.149. The highest BCUT2D eigenvalue weighted by atomic mass is 16.5. The number of aliphatic carboxylic acids is 1. The van der Waals surface area contributed by atoms with Crippen LogP contribution in [0.5, 0.6) is 0 Å². The summed E-state index contributed by atoms with van der Waals surface area (Å²) >= 11 is 0. The molecular weight excluding hydrogens is 250 g/mol. The summed E-state index contributed by atoms with van der Waals surface area (Å²) in [5.41, 5.74) is -1.01. The first kappa shape index (κ1) is 12.2. The van der Waals surface area contributed by atoms with E-state index in [2.05, 4.69) is 4.98 Å². The zero-order valence-electron chi connectivity index (χ0n) is 10.6. The van der Waals surface area contributed by atoms with Crippen LogP contribution in [0.2, 0.25) is 0 Å². The van der Waals surface area contributed by atoms with Gasteiger partial charge in [0.15, 0.2) is 0 Å². The lowest BCUT2D eigenvalue weighted by Crippen LogP contribution is -2.39. The molecule has 7 heteroatoms. The second-order valence-electron chi connectivity index (χ2n) is 5.25. The number of aromatic nitrogens is 2. The third kappa shape index (κ3) is 1.73. The topological polar surface area (TPSA) is 84.7 Å². The molecule has 3 rings (SSSR count). The fraction of sp³-hybridized carbons (Fsp3) is 0.583. The van der Waals surface area contributed by atoms with Gasteiger partial charge in [-0.1, -0.05) is 0 Å². The zero-order valence-corrected chi connectivity index (χ0v) is 10.6. The maximum absolute atomic E-state index is 11.6. The van der Waals surface area contributed by atoms with E-state index < -0.39 is 11.4 Å². The molecular formula is C12H15N3O4. The van der Waals surface area contributed by atoms with Crippen molar-refractivity contribution >= 4 is 11.8 Å². The summed E-state index contributed by atoms with van der Waals surface area (Å²) in [5.74, 6) is -0.338. The summed E-state index contributed by atoms with van der Waals surface area (Å²) < 4.78 is 6.69. The molecule has 1 aromatic rings. The van der Waals surface area contributed by atoms with Crippen LogP contribution in [0.25, 0.3) is 0 Å². The fourth-order valence-corrected chi connectivity index (χ4v) is 2.84. The first-order chi connectivity index (χ1) is 9.03. The van der Waals surface area contributed by atoms with Crippen LogP contribution < -0.4 is 10.5 Å². The van der Waals surface area contributed by atoms with Gasteiger partial charge in [-0.3, -0.25) is 9.59 Å². The van der Waals surface area contributed by atoms with Crippen molar-refractivity contribution in [2.24, 2.45) is 18.4 Å². The summed E-state index contributed by atoms with van der Waals surface area (Å²) in [7, 11) is 1.63. The third-order valence-corrected chi connectivity index (χ3v) is 4.09. The van der Waals surface area contributed by atoms with E-state index >= 15 is 0 Å². The van der Waals surface area contributed by atoms with Crippen molar-refractivity contribution in [2.45, 2.75) is 0 Å². The molecule has 0 spiro atoms. The first-order valence-electron chi connectivity index (χ1n) is 6.12. The van der Waals surface area contributed by atoms with E-state index in [0.717, 1.165) is 0 Å². The molecule has 0 aromatic carbocycles. The van der Waals surface area contributed by atoms with Crippen LogP contribution in [0.15, 0.2) is 17.2 Å². The zero-order chi connectivity index (χ0) is 13.6. The number of aryl methyl sites for hydroxylation is 1. The molecule has 19 heavy (non-hydrogen) atoms. The van der Waals surface area contributed by atoms with Crippen LogP contribution in [0, 0.1) is 11.3 Å². The highest BCUT2D eigenvalue weighted by Crippen LogP contribution is 2.42. The molecule has 2 fully saturated rings. The van der Waals surface area contributed by atoms with Gasteiger partial charge in [0.05, 0.1) is 19.5 Å². The van der Waals surface area contributed by atoms with Crippen LogP contribution in [-0.4, -0.2) is 46.9 Å². The molecule has 7 nitrogen and oxygen atoms in total. The van der Waals surface area contributed by atoms with Gasteiger partial charge in [-0.2, -0.15) is 0 Å². The maximum atomic E-state index is 11.6. The van der Waals surface area contributed by atoms with Gasteiger partial charge in [-0.05, 0) is 0 Å². The number of nitrogens with zero attached hydrogens (tertiary/aromatic N) is 3. The van der Waals surface area contributed by atoms with E-state index in [1.54, 1.807) is 7.05 Å². The monoisotopic (exact) mass is 265 g/mol. The summed E-state index contributed by atoms with van der Waals surface area (Å²) in [5, 5.41) is 9.44. The minimum atomic E-state index is -0.858. The van der Waals surface area contributed by atoms with Crippen molar-refractivity contribution in [1.82, 2.24) is 9.55 Å². The normalized spacial score (nSPS) is 29.5.